The normalized spacial score (nSPS) is 11.5. The first-order valence-electron chi connectivity index (χ1n) is 24.7. The van der Waals surface area contributed by atoms with Crippen LogP contribution in [0.1, 0.15) is 86.6 Å². The first kappa shape index (κ1) is 80.8. The fourth-order valence-electron chi connectivity index (χ4n) is 6.51. The molecule has 0 aliphatic carbocycles. The molecule has 11 rings (SSSR count). The number of anilines is 2. The van der Waals surface area contributed by atoms with E-state index in [0.29, 0.717) is 4.78 Å². The summed E-state index contributed by atoms with van der Waals surface area (Å²) in [7, 11) is 2.73. The second-order valence-corrected chi connectivity index (χ2v) is 25.0. The molecule has 0 saturated carbocycles. The minimum absolute atomic E-state index is 0. The molecule has 461 valence electrons. The summed E-state index contributed by atoms with van der Waals surface area (Å²) in [6.45, 7) is 17.5. The van der Waals surface area contributed by atoms with Gasteiger partial charge in [-0.15, -0.1) is 34.0 Å². The summed E-state index contributed by atoms with van der Waals surface area (Å²) in [6.07, 6.45) is 20.5. The molecule has 0 amide bonds. The van der Waals surface area contributed by atoms with Crippen LogP contribution in [-0.4, -0.2) is 94.1 Å². The van der Waals surface area contributed by atoms with Crippen LogP contribution in [0.2, 0.25) is 0 Å². The Morgan fingerprint density at radius 2 is 0.966 bits per heavy atom. The van der Waals surface area contributed by atoms with Gasteiger partial charge in [0.15, 0.2) is 0 Å². The molecule has 0 bridgehead atoms. The minimum atomic E-state index is -1.30. The van der Waals surface area contributed by atoms with Crippen molar-refractivity contribution < 1.29 is 29.3 Å². The number of hydrogen-bond donors (Lipinski definition) is 6. The third kappa shape index (κ3) is 28.2. The topological polar surface area (TPSA) is 264 Å². The van der Waals surface area contributed by atoms with E-state index in [4.69, 9.17) is 40.7 Å². The summed E-state index contributed by atoms with van der Waals surface area (Å²) in [4.78, 5) is 45.3. The van der Waals surface area contributed by atoms with Crippen molar-refractivity contribution in [3.8, 4) is 41.8 Å². The van der Waals surface area contributed by atoms with E-state index in [2.05, 4.69) is 153 Å². The quantitative estimate of drug-likeness (QED) is 0.0513. The van der Waals surface area contributed by atoms with Crippen LogP contribution in [-0.2, 0) is 14.1 Å². The summed E-state index contributed by atoms with van der Waals surface area (Å²) >= 11 is 16.4. The summed E-state index contributed by atoms with van der Waals surface area (Å²) < 4.78 is 17.2. The molecule has 1 saturated heterocycles. The molecule has 1 aliphatic heterocycles. The third-order valence-electron chi connectivity index (χ3n) is 11.2. The van der Waals surface area contributed by atoms with Gasteiger partial charge in [-0.25, -0.2) is 39.9 Å². The average molecular weight is 1400 g/mol. The molecule has 27 heteroatoms. The van der Waals surface area contributed by atoms with Gasteiger partial charge >= 0.3 is 39.0 Å². The molecule has 8 aromatic heterocycles. The maximum absolute atomic E-state index is 9.00. The third-order valence-corrected chi connectivity index (χ3v) is 17.3. The second-order valence-electron chi connectivity index (χ2n) is 18.5. The molecule has 1 aliphatic rings. The number of carboxylic acids is 1. The van der Waals surface area contributed by atoms with Crippen molar-refractivity contribution in [1.29, 1.82) is 0 Å². The average Bonchev–Trinajstić information content (AvgIpc) is 2.54. The monoisotopic (exact) mass is 1400 g/mol. The molecule has 2 aromatic carbocycles. The van der Waals surface area contributed by atoms with Crippen LogP contribution in [0.4, 0.5) is 11.4 Å². The van der Waals surface area contributed by atoms with E-state index in [0.717, 1.165) is 50.5 Å². The van der Waals surface area contributed by atoms with Gasteiger partial charge in [-0.3, -0.25) is 4.79 Å². The number of hydrogen-bond acceptors (Lipinski definition) is 21. The fourth-order valence-corrected chi connectivity index (χ4v) is 11.1. The predicted octanol–water partition coefficient (Wildman–Crippen LogP) is 14.9. The number of aromatic nitrogens is 8. The van der Waals surface area contributed by atoms with Crippen LogP contribution < -0.4 is 21.7 Å². The molecule has 7 N–H and O–H groups in total. The van der Waals surface area contributed by atoms with Gasteiger partial charge < -0.3 is 35.9 Å². The number of aliphatic carboxylic acids is 1. The molecule has 1 radical (unpaired) electrons. The van der Waals surface area contributed by atoms with Crippen molar-refractivity contribution in [2.45, 2.75) is 103 Å². The van der Waals surface area contributed by atoms with Crippen molar-refractivity contribution in [3.63, 3.8) is 0 Å². The van der Waals surface area contributed by atoms with Crippen LogP contribution in [0.5, 0.6) is 0 Å². The van der Waals surface area contributed by atoms with Gasteiger partial charge in [0.2, 0.25) is 0 Å². The Morgan fingerprint density at radius 1 is 0.598 bits per heavy atom. The van der Waals surface area contributed by atoms with Gasteiger partial charge in [0.25, 0.3) is 5.97 Å². The van der Waals surface area contributed by atoms with Gasteiger partial charge in [0, 0.05) is 109 Å². The van der Waals surface area contributed by atoms with Gasteiger partial charge in [0.05, 0.1) is 19.5 Å². The molecule has 0 unspecified atom stereocenters. The molecule has 0 spiro atoms. The predicted molar refractivity (Wildman–Crippen MR) is 380 cm³/mol. The number of rotatable bonds is 6. The van der Waals surface area contributed by atoms with E-state index in [1.54, 1.807) is 71.5 Å². The zero-order valence-corrected chi connectivity index (χ0v) is 54.2. The number of nitrogens with zero attached hydrogens (tertiary/aromatic N) is 9. The Hall–Kier alpha value is -6.23. The number of aryl methyl sites for hydroxylation is 4. The van der Waals surface area contributed by atoms with Crippen molar-refractivity contribution in [2.24, 2.45) is 4.30 Å². The van der Waals surface area contributed by atoms with E-state index in [1.807, 2.05) is 114 Å². The Bertz CT molecular complexity index is 3450. The molecule has 10 aromatic rings. The number of carbonyl (C=O) groups is 1. The molecule has 87 heavy (non-hydrogen) atoms. The van der Waals surface area contributed by atoms with E-state index in [1.165, 1.54) is 63.2 Å². The van der Waals surface area contributed by atoms with E-state index < -0.39 is 13.1 Å². The summed E-state index contributed by atoms with van der Waals surface area (Å²) in [5.41, 5.74) is 22.6. The number of thiophene rings is 4. The van der Waals surface area contributed by atoms with E-state index >= 15 is 0 Å². The van der Waals surface area contributed by atoms with Crippen LogP contribution >= 0.6 is 90.0 Å². The Morgan fingerprint density at radius 3 is 1.30 bits per heavy atom. The van der Waals surface area contributed by atoms with Crippen molar-refractivity contribution in [3.05, 3.63) is 189 Å². The molecule has 1 fully saturated rings. The first-order chi connectivity index (χ1) is 39.4. The number of carboxylic acid groups (broad SMARTS) is 1. The summed E-state index contributed by atoms with van der Waals surface area (Å²) in [5.74, 6) is -0.833. The van der Waals surface area contributed by atoms with Crippen LogP contribution in [0, 0.1) is 27.7 Å². The van der Waals surface area contributed by atoms with Gasteiger partial charge in [-0.1, -0.05) is 54.0 Å². The zero-order chi connectivity index (χ0) is 61.1. The van der Waals surface area contributed by atoms with Crippen LogP contribution in [0.25, 0.3) is 41.8 Å². The number of thiol groups is 1. The Balaban J connectivity index is 0.00000101. The summed E-state index contributed by atoms with van der Waals surface area (Å²) in [5, 5.41) is 28.6. The van der Waals surface area contributed by atoms with Crippen molar-refractivity contribution in [2.75, 3.05) is 11.5 Å². The number of halogens is 2. The molecular formula is C60H77B3Br2N11O6S5. The van der Waals surface area contributed by atoms with Gasteiger partial charge in [0.1, 0.15) is 25.3 Å². The zero-order valence-electron chi connectivity index (χ0n) is 46.8. The molecule has 17 nitrogen and oxygen atoms in total. The fraction of sp³-hybridized carbons (Fsp3) is 0.250. The Labute approximate surface area is 553 Å². The standard InChI is InChI=1S/C15H13N3S.C12H18BNO2.C9H7BrN2S.C9H8N2S.C5H7BO2S.C4H3BrN2.C2H4O2.4CH4.BHNS/c1-10-6-14(12-7-17-9-18-8-12)19-15(10)11-2-4-13(16)5-3-11;1-11(2)12(3,4)16-13(15-11)9-5-7-10(14)8-6-9;1-6-2-8(13-9(6)10)7-3-11-5-12-4-7;1-7-2-9(12-5-7)8-3-10-6-11-4-8;1-4-2-5(6(7)8)9-3-4;5-4-1-6-3-7-2-4;1-2(3)4;;;;;1-2-3/h2-9H,16H2,1H3;5-8H,14H2,1-4H3;2-5H,1H3;2-6H,1H3;2-3,7-8H,1H3;1-3H;1H3,(H,3,4);4*1H4;3H. The van der Waals surface area contributed by atoms with Gasteiger partial charge in [-0.2, -0.15) is 11.3 Å². The molecular weight excluding hydrogens is 1320 g/mol. The van der Waals surface area contributed by atoms with Crippen LogP contribution in [0.15, 0.2) is 171 Å². The second kappa shape index (κ2) is 41.1. The number of benzene rings is 2. The summed E-state index contributed by atoms with van der Waals surface area (Å²) in [6, 6.07) is 23.8. The van der Waals surface area contributed by atoms with Gasteiger partial charge in [-0.05, 0) is 180 Å². The Kier molecular flexibility index (Phi) is 38.1. The molecule has 0 atom stereocenters. The van der Waals surface area contributed by atoms with Crippen molar-refractivity contribution >= 4 is 139 Å². The molecule has 9 heterocycles. The van der Waals surface area contributed by atoms with E-state index in [-0.39, 0.29) is 48.0 Å². The number of nitrogen functional groups attached to an aromatic ring is 2. The first-order valence-corrected chi connectivity index (χ1v) is 30.1. The SMILES string of the molecule is Brc1cncnc1.C.C.C.C.CC(=O)O.CC1(C)OB(c2ccc(N)cc2)OC1(C)C.Cc1cc(-c2cncnc2)sc1-c1ccc(N)cc1.Cc1cc(-c2cncnc2)sc1Br.Cc1csc(-c2cncnc2)c1.Cc1csc(B(O)O)c1.[B]=NS. The maximum atomic E-state index is 9.00. The van der Waals surface area contributed by atoms with Crippen molar-refractivity contribution in [1.82, 2.24) is 39.9 Å². The van der Waals surface area contributed by atoms with E-state index in [9.17, 15) is 0 Å². The number of nitrogens with two attached hydrogens (primary N) is 2. The van der Waals surface area contributed by atoms with Crippen LogP contribution in [0.3, 0.4) is 0 Å².